The van der Waals surface area contributed by atoms with Crippen LogP contribution in [0.3, 0.4) is 0 Å². The number of aryl methyl sites for hydroxylation is 1. The molecule has 0 spiro atoms. The molecule has 0 N–H and O–H groups in total. The molecule has 1 saturated carbocycles. The molecule has 2 aliphatic carbocycles. The lowest BCUT2D eigenvalue weighted by Gasteiger charge is -2.39. The lowest BCUT2D eigenvalue weighted by molar-refractivity contribution is -0.170. The molecule has 0 amide bonds. The SMILES string of the molecule is COc1ccc(-c2ccc3c(c2)CCC3=O)c(OCC2(C(=O)O[C@@H]3CCOC3)CCC2)c1OC. The van der Waals surface area contributed by atoms with Crippen LogP contribution in [0.2, 0.25) is 0 Å². The highest BCUT2D eigenvalue weighted by atomic mass is 16.6. The fraction of sp³-hybridized carbons (Fsp3) is 0.481. The van der Waals surface area contributed by atoms with E-state index >= 15 is 0 Å². The Labute approximate surface area is 199 Å². The summed E-state index contributed by atoms with van der Waals surface area (Å²) < 4.78 is 28.7. The second-order valence-corrected chi connectivity index (χ2v) is 9.29. The second kappa shape index (κ2) is 9.29. The molecule has 1 heterocycles. The Hall–Kier alpha value is -3.06. The van der Waals surface area contributed by atoms with E-state index in [1.54, 1.807) is 14.2 Å². The van der Waals surface area contributed by atoms with E-state index in [1.807, 2.05) is 30.3 Å². The minimum Gasteiger partial charge on any atom is -0.493 e. The molecule has 1 aliphatic heterocycles. The molecule has 1 atom stereocenters. The van der Waals surface area contributed by atoms with E-state index in [0.717, 1.165) is 54.4 Å². The zero-order valence-electron chi connectivity index (χ0n) is 19.7. The number of carbonyl (C=O) groups is 2. The molecule has 180 valence electrons. The maximum absolute atomic E-state index is 13.1. The Morgan fingerprint density at radius 3 is 2.56 bits per heavy atom. The predicted molar refractivity (Wildman–Crippen MR) is 125 cm³/mol. The molecule has 34 heavy (non-hydrogen) atoms. The summed E-state index contributed by atoms with van der Waals surface area (Å²) >= 11 is 0. The van der Waals surface area contributed by atoms with E-state index in [1.165, 1.54) is 0 Å². The topological polar surface area (TPSA) is 80.3 Å². The predicted octanol–water partition coefficient (Wildman–Crippen LogP) is 4.38. The third-order valence-corrected chi connectivity index (χ3v) is 7.24. The first-order valence-corrected chi connectivity index (χ1v) is 11.9. The van der Waals surface area contributed by atoms with Crippen LogP contribution in [0.4, 0.5) is 0 Å². The molecular weight excluding hydrogens is 436 g/mol. The number of ether oxygens (including phenoxy) is 5. The molecule has 2 aromatic carbocycles. The number of methoxy groups -OCH3 is 2. The van der Waals surface area contributed by atoms with Crippen molar-refractivity contribution < 1.29 is 33.3 Å². The van der Waals surface area contributed by atoms with Crippen molar-refractivity contribution in [3.8, 4) is 28.4 Å². The van der Waals surface area contributed by atoms with Gasteiger partial charge >= 0.3 is 5.97 Å². The maximum atomic E-state index is 13.1. The van der Waals surface area contributed by atoms with Gasteiger partial charge in [0, 0.05) is 24.0 Å². The van der Waals surface area contributed by atoms with Gasteiger partial charge in [-0.25, -0.2) is 0 Å². The van der Waals surface area contributed by atoms with Gasteiger partial charge in [0.15, 0.2) is 17.3 Å². The van der Waals surface area contributed by atoms with Gasteiger partial charge in [0.25, 0.3) is 0 Å². The molecule has 0 unspecified atom stereocenters. The lowest BCUT2D eigenvalue weighted by Crippen LogP contribution is -2.45. The summed E-state index contributed by atoms with van der Waals surface area (Å²) in [4.78, 5) is 25.2. The van der Waals surface area contributed by atoms with Crippen LogP contribution in [0.25, 0.3) is 11.1 Å². The minimum absolute atomic E-state index is 0.180. The molecule has 2 fully saturated rings. The largest absolute Gasteiger partial charge is 0.493 e. The molecule has 0 aromatic heterocycles. The van der Waals surface area contributed by atoms with Crippen LogP contribution in [-0.4, -0.2) is 51.9 Å². The molecular formula is C27H30O7. The molecule has 3 aliphatic rings. The van der Waals surface area contributed by atoms with Crippen LogP contribution in [0.1, 0.15) is 48.0 Å². The highest BCUT2D eigenvalue weighted by Gasteiger charge is 2.48. The third kappa shape index (κ3) is 4.02. The van der Waals surface area contributed by atoms with Gasteiger partial charge in [0.2, 0.25) is 5.75 Å². The average molecular weight is 467 g/mol. The number of esters is 1. The van der Waals surface area contributed by atoms with Gasteiger partial charge in [0.05, 0.1) is 27.4 Å². The van der Waals surface area contributed by atoms with Gasteiger partial charge < -0.3 is 23.7 Å². The monoisotopic (exact) mass is 466 g/mol. The number of benzene rings is 2. The molecule has 2 aromatic rings. The van der Waals surface area contributed by atoms with E-state index in [2.05, 4.69) is 0 Å². The highest BCUT2D eigenvalue weighted by Crippen LogP contribution is 2.48. The Morgan fingerprint density at radius 2 is 1.88 bits per heavy atom. The standard InChI is InChI=1S/C27H30O7/c1-30-23-9-7-21(18-4-6-20-17(14-18)5-8-22(20)28)24(25(23)31-2)33-16-27(11-3-12-27)26(29)34-19-10-13-32-15-19/h4,6-7,9,14,19H,3,5,8,10-13,15-16H2,1-2H3/t19-/m1/s1. The molecule has 7 heteroatoms. The smallest absolute Gasteiger partial charge is 0.315 e. The van der Waals surface area contributed by atoms with Crippen molar-refractivity contribution in [2.75, 3.05) is 34.0 Å². The van der Waals surface area contributed by atoms with Gasteiger partial charge in [-0.05, 0) is 42.5 Å². The number of fused-ring (bicyclic) bond motifs is 1. The first-order chi connectivity index (χ1) is 16.5. The van der Waals surface area contributed by atoms with Crippen LogP contribution in [0.15, 0.2) is 30.3 Å². The van der Waals surface area contributed by atoms with Crippen molar-refractivity contribution in [1.29, 1.82) is 0 Å². The van der Waals surface area contributed by atoms with E-state index in [-0.39, 0.29) is 24.5 Å². The maximum Gasteiger partial charge on any atom is 0.315 e. The first kappa shape index (κ1) is 22.7. The average Bonchev–Trinajstić information content (AvgIpc) is 3.47. The van der Waals surface area contributed by atoms with E-state index < -0.39 is 5.41 Å². The summed E-state index contributed by atoms with van der Waals surface area (Å²) in [6.07, 6.45) is 4.25. The summed E-state index contributed by atoms with van der Waals surface area (Å²) in [6.45, 7) is 1.27. The van der Waals surface area contributed by atoms with Gasteiger partial charge in [0.1, 0.15) is 18.1 Å². The number of Topliss-reactive ketones (excluding diaryl/α,β-unsaturated/α-hetero) is 1. The molecule has 0 bridgehead atoms. The van der Waals surface area contributed by atoms with Gasteiger partial charge in [-0.2, -0.15) is 0 Å². The van der Waals surface area contributed by atoms with Crippen LogP contribution in [-0.2, 0) is 20.7 Å². The summed E-state index contributed by atoms with van der Waals surface area (Å²) in [7, 11) is 3.15. The van der Waals surface area contributed by atoms with Gasteiger partial charge in [-0.3, -0.25) is 9.59 Å². The second-order valence-electron chi connectivity index (χ2n) is 9.29. The van der Waals surface area contributed by atoms with Crippen molar-refractivity contribution in [2.24, 2.45) is 5.41 Å². The van der Waals surface area contributed by atoms with Crippen molar-refractivity contribution in [2.45, 2.75) is 44.6 Å². The highest BCUT2D eigenvalue weighted by molar-refractivity contribution is 6.01. The molecule has 5 rings (SSSR count). The minimum atomic E-state index is -0.668. The van der Waals surface area contributed by atoms with Crippen LogP contribution >= 0.6 is 0 Å². The Bertz CT molecular complexity index is 1100. The summed E-state index contributed by atoms with van der Waals surface area (Å²) in [5, 5.41) is 0. The van der Waals surface area contributed by atoms with Crippen LogP contribution < -0.4 is 14.2 Å². The van der Waals surface area contributed by atoms with Gasteiger partial charge in [-0.1, -0.05) is 24.6 Å². The third-order valence-electron chi connectivity index (χ3n) is 7.24. The fourth-order valence-electron chi connectivity index (χ4n) is 5.00. The van der Waals surface area contributed by atoms with E-state index in [0.29, 0.717) is 36.9 Å². The Kier molecular flexibility index (Phi) is 6.21. The number of hydrogen-bond acceptors (Lipinski definition) is 7. The number of rotatable bonds is 8. The number of carbonyl (C=O) groups excluding carboxylic acids is 2. The first-order valence-electron chi connectivity index (χ1n) is 11.9. The summed E-state index contributed by atoms with van der Waals surface area (Å²) in [5.74, 6) is 1.51. The zero-order valence-corrected chi connectivity index (χ0v) is 19.7. The van der Waals surface area contributed by atoms with Crippen molar-refractivity contribution in [3.05, 3.63) is 41.5 Å². The lowest BCUT2D eigenvalue weighted by atomic mass is 9.69. The number of ketones is 1. The Balaban J connectivity index is 1.45. The molecule has 7 nitrogen and oxygen atoms in total. The van der Waals surface area contributed by atoms with Crippen LogP contribution in [0.5, 0.6) is 17.2 Å². The molecule has 0 radical (unpaired) electrons. The van der Waals surface area contributed by atoms with Gasteiger partial charge in [-0.15, -0.1) is 0 Å². The number of hydrogen-bond donors (Lipinski definition) is 0. The Morgan fingerprint density at radius 1 is 1.06 bits per heavy atom. The van der Waals surface area contributed by atoms with E-state index in [9.17, 15) is 9.59 Å². The van der Waals surface area contributed by atoms with Crippen LogP contribution in [0, 0.1) is 5.41 Å². The quantitative estimate of drug-likeness (QED) is 0.534. The summed E-state index contributed by atoms with van der Waals surface area (Å²) in [6, 6.07) is 9.63. The zero-order chi connectivity index (χ0) is 23.7. The van der Waals surface area contributed by atoms with Crippen molar-refractivity contribution in [3.63, 3.8) is 0 Å². The molecule has 1 saturated heterocycles. The normalized spacial score (nSPS) is 20.4. The van der Waals surface area contributed by atoms with Crippen molar-refractivity contribution in [1.82, 2.24) is 0 Å². The van der Waals surface area contributed by atoms with E-state index in [4.69, 9.17) is 23.7 Å². The summed E-state index contributed by atoms with van der Waals surface area (Å²) in [5.41, 5.74) is 2.92. The van der Waals surface area contributed by atoms with Crippen molar-refractivity contribution >= 4 is 11.8 Å². The fourth-order valence-corrected chi connectivity index (χ4v) is 5.00.